The lowest BCUT2D eigenvalue weighted by Crippen LogP contribution is -2.24. The van der Waals surface area contributed by atoms with Crippen LogP contribution in [0.1, 0.15) is 67.2 Å². The fourth-order valence-corrected chi connectivity index (χ4v) is 3.36. The summed E-state index contributed by atoms with van der Waals surface area (Å²) in [7, 11) is 0. The molecule has 3 rings (SSSR count). The number of nitrogens with two attached hydrogens (primary N) is 1. The molecule has 1 aromatic heterocycles. The van der Waals surface area contributed by atoms with Crippen molar-refractivity contribution in [1.29, 1.82) is 0 Å². The lowest BCUT2D eigenvalue weighted by molar-refractivity contribution is 0.100. The van der Waals surface area contributed by atoms with Crippen molar-refractivity contribution >= 4 is 23.5 Å². The van der Waals surface area contributed by atoms with Gasteiger partial charge in [0, 0.05) is 29.8 Å². The summed E-state index contributed by atoms with van der Waals surface area (Å²) in [5.74, 6) is 1.59. The molecule has 1 aliphatic rings. The number of carbonyl (C=O) groups excluding carboxylic acids is 1. The predicted molar refractivity (Wildman–Crippen MR) is 116 cm³/mol. The molecule has 0 spiro atoms. The van der Waals surface area contributed by atoms with Crippen LogP contribution in [0.15, 0.2) is 18.2 Å². The second-order valence-electron chi connectivity index (χ2n) is 7.74. The van der Waals surface area contributed by atoms with Crippen molar-refractivity contribution in [1.82, 2.24) is 20.3 Å². The highest BCUT2D eigenvalue weighted by atomic mass is 16.1. The van der Waals surface area contributed by atoms with Gasteiger partial charge in [0.15, 0.2) is 0 Å². The first kappa shape index (κ1) is 21.0. The molecule has 1 aliphatic heterocycles. The molecule has 0 bridgehead atoms. The zero-order chi connectivity index (χ0) is 20.8. The highest BCUT2D eigenvalue weighted by Gasteiger charge is 2.18. The Kier molecular flexibility index (Phi) is 6.98. The van der Waals surface area contributed by atoms with Crippen molar-refractivity contribution < 1.29 is 4.79 Å². The van der Waals surface area contributed by atoms with E-state index < -0.39 is 5.91 Å². The molecule has 0 saturated carbocycles. The Morgan fingerprint density at radius 2 is 2.10 bits per heavy atom. The number of nitrogens with zero attached hydrogens (tertiary/aromatic N) is 3. The standard InChI is InChI=1S/C21H31N7O/c1-4-5-6-14(3)19-26-20(24-16-9-10-23-12-16)28-21(27-19)25-17-11-15(18(22)29)8-7-13(17)2/h7-8,11,14,16,23H,4-6,9-10,12H2,1-3H3,(H2,22,29)(H2,24,25,26,27,28)/t14?,16-/m1/s1. The van der Waals surface area contributed by atoms with E-state index in [0.717, 1.165) is 55.8 Å². The van der Waals surface area contributed by atoms with Crippen LogP contribution < -0.4 is 21.7 Å². The Morgan fingerprint density at radius 3 is 2.79 bits per heavy atom. The predicted octanol–water partition coefficient (Wildman–Crippen LogP) is 3.09. The van der Waals surface area contributed by atoms with E-state index >= 15 is 0 Å². The van der Waals surface area contributed by atoms with Crippen LogP contribution >= 0.6 is 0 Å². The van der Waals surface area contributed by atoms with E-state index in [1.807, 2.05) is 13.0 Å². The van der Waals surface area contributed by atoms with E-state index in [9.17, 15) is 4.79 Å². The lowest BCUT2D eigenvalue weighted by atomic mass is 10.0. The zero-order valence-corrected chi connectivity index (χ0v) is 17.5. The van der Waals surface area contributed by atoms with E-state index in [4.69, 9.17) is 5.73 Å². The van der Waals surface area contributed by atoms with Gasteiger partial charge in [-0.15, -0.1) is 0 Å². The number of aromatic nitrogens is 3. The van der Waals surface area contributed by atoms with Gasteiger partial charge in [-0.25, -0.2) is 0 Å². The Labute approximate surface area is 172 Å². The largest absolute Gasteiger partial charge is 0.366 e. The number of hydrogen-bond acceptors (Lipinski definition) is 7. The summed E-state index contributed by atoms with van der Waals surface area (Å²) in [6.07, 6.45) is 4.33. The van der Waals surface area contributed by atoms with Gasteiger partial charge in [0.2, 0.25) is 17.8 Å². The minimum atomic E-state index is -0.464. The smallest absolute Gasteiger partial charge is 0.248 e. The number of unbranched alkanes of at least 4 members (excludes halogenated alkanes) is 1. The van der Waals surface area contributed by atoms with Crippen LogP contribution in [-0.4, -0.2) is 40.0 Å². The number of anilines is 3. The van der Waals surface area contributed by atoms with Gasteiger partial charge >= 0.3 is 0 Å². The molecule has 5 N–H and O–H groups in total. The fraction of sp³-hybridized carbons (Fsp3) is 0.524. The monoisotopic (exact) mass is 397 g/mol. The molecule has 2 atom stereocenters. The summed E-state index contributed by atoms with van der Waals surface area (Å²) in [5, 5.41) is 10.0. The number of carbonyl (C=O) groups is 1. The first-order chi connectivity index (χ1) is 14.0. The summed E-state index contributed by atoms with van der Waals surface area (Å²) >= 11 is 0. The van der Waals surface area contributed by atoms with Gasteiger partial charge in [0.1, 0.15) is 5.82 Å². The average molecular weight is 398 g/mol. The lowest BCUT2D eigenvalue weighted by Gasteiger charge is -2.17. The minimum absolute atomic E-state index is 0.235. The molecule has 2 aromatic rings. The molecule has 1 aromatic carbocycles. The topological polar surface area (TPSA) is 118 Å². The van der Waals surface area contributed by atoms with Crippen LogP contribution in [0.2, 0.25) is 0 Å². The molecule has 0 aliphatic carbocycles. The molecule has 1 fully saturated rings. The first-order valence-corrected chi connectivity index (χ1v) is 10.4. The summed E-state index contributed by atoms with van der Waals surface area (Å²) in [6.45, 7) is 8.18. The second-order valence-corrected chi connectivity index (χ2v) is 7.74. The number of rotatable bonds is 9. The summed E-state index contributed by atoms with van der Waals surface area (Å²) in [5.41, 5.74) is 7.61. The van der Waals surface area contributed by atoms with Crippen LogP contribution in [0.25, 0.3) is 0 Å². The molecular weight excluding hydrogens is 366 g/mol. The first-order valence-electron chi connectivity index (χ1n) is 10.4. The Morgan fingerprint density at radius 1 is 1.31 bits per heavy atom. The normalized spacial score (nSPS) is 17.1. The van der Waals surface area contributed by atoms with Gasteiger partial charge < -0.3 is 21.7 Å². The van der Waals surface area contributed by atoms with E-state index in [2.05, 4.69) is 44.7 Å². The van der Waals surface area contributed by atoms with Crippen molar-refractivity contribution in [2.45, 2.75) is 58.4 Å². The highest BCUT2D eigenvalue weighted by molar-refractivity contribution is 5.94. The average Bonchev–Trinajstić information content (AvgIpc) is 3.20. The summed E-state index contributed by atoms with van der Waals surface area (Å²) in [6, 6.07) is 5.62. The number of benzene rings is 1. The minimum Gasteiger partial charge on any atom is -0.366 e. The van der Waals surface area contributed by atoms with Crippen molar-refractivity contribution in [3.8, 4) is 0 Å². The van der Waals surface area contributed by atoms with Crippen molar-refractivity contribution in [2.75, 3.05) is 23.7 Å². The fourth-order valence-electron chi connectivity index (χ4n) is 3.36. The van der Waals surface area contributed by atoms with Crippen LogP contribution in [0.4, 0.5) is 17.6 Å². The van der Waals surface area contributed by atoms with Gasteiger partial charge in [0.25, 0.3) is 0 Å². The molecule has 1 unspecified atom stereocenters. The third kappa shape index (κ3) is 5.63. The maximum Gasteiger partial charge on any atom is 0.248 e. The van der Waals surface area contributed by atoms with E-state index in [-0.39, 0.29) is 5.92 Å². The van der Waals surface area contributed by atoms with E-state index in [0.29, 0.717) is 23.5 Å². The van der Waals surface area contributed by atoms with Crippen LogP contribution in [0.5, 0.6) is 0 Å². The molecular formula is C21H31N7O. The van der Waals surface area contributed by atoms with Crippen LogP contribution in [0, 0.1) is 6.92 Å². The van der Waals surface area contributed by atoms with Crippen molar-refractivity contribution in [2.24, 2.45) is 5.73 Å². The number of aryl methyl sites for hydroxylation is 1. The van der Waals surface area contributed by atoms with E-state index in [1.54, 1.807) is 12.1 Å². The molecule has 1 amide bonds. The van der Waals surface area contributed by atoms with Gasteiger partial charge in [0.05, 0.1) is 0 Å². The molecule has 8 nitrogen and oxygen atoms in total. The molecule has 156 valence electrons. The van der Waals surface area contributed by atoms with Crippen molar-refractivity contribution in [3.05, 3.63) is 35.2 Å². The maximum absolute atomic E-state index is 11.5. The Hall–Kier alpha value is -2.74. The maximum atomic E-state index is 11.5. The van der Waals surface area contributed by atoms with Crippen molar-refractivity contribution in [3.63, 3.8) is 0 Å². The van der Waals surface area contributed by atoms with Crippen LogP contribution in [-0.2, 0) is 0 Å². The number of amides is 1. The molecule has 1 saturated heterocycles. The number of primary amides is 1. The third-order valence-electron chi connectivity index (χ3n) is 5.25. The quantitative estimate of drug-likeness (QED) is 0.513. The van der Waals surface area contributed by atoms with Gasteiger partial charge in [-0.2, -0.15) is 15.0 Å². The molecule has 8 heteroatoms. The summed E-state index contributed by atoms with van der Waals surface area (Å²) in [4.78, 5) is 25.5. The third-order valence-corrected chi connectivity index (χ3v) is 5.25. The SMILES string of the molecule is CCCCC(C)c1nc(Nc2cc(C(N)=O)ccc2C)nc(N[C@@H]2CCNC2)n1. The highest BCUT2D eigenvalue weighted by Crippen LogP contribution is 2.24. The molecule has 29 heavy (non-hydrogen) atoms. The number of nitrogens with one attached hydrogen (secondary N) is 3. The second kappa shape index (κ2) is 9.65. The Balaban J connectivity index is 1.89. The van der Waals surface area contributed by atoms with Gasteiger partial charge in [-0.3, -0.25) is 4.79 Å². The molecule has 0 radical (unpaired) electrons. The Bertz CT molecular complexity index is 849. The summed E-state index contributed by atoms with van der Waals surface area (Å²) < 4.78 is 0. The molecule has 2 heterocycles. The van der Waals surface area contributed by atoms with Gasteiger partial charge in [-0.1, -0.05) is 32.8 Å². The number of hydrogen-bond donors (Lipinski definition) is 4. The van der Waals surface area contributed by atoms with Crippen LogP contribution in [0.3, 0.4) is 0 Å². The zero-order valence-electron chi connectivity index (χ0n) is 17.5. The van der Waals surface area contributed by atoms with E-state index in [1.165, 1.54) is 0 Å². The van der Waals surface area contributed by atoms with Gasteiger partial charge in [-0.05, 0) is 44.0 Å².